The van der Waals surface area contributed by atoms with Gasteiger partial charge in [0, 0.05) is 6.42 Å². The molecule has 0 aliphatic rings. The van der Waals surface area contributed by atoms with Gasteiger partial charge in [-0.25, -0.2) is 4.79 Å². The highest BCUT2D eigenvalue weighted by molar-refractivity contribution is 6.03. The summed E-state index contributed by atoms with van der Waals surface area (Å²) in [6, 6.07) is 36.9. The van der Waals surface area contributed by atoms with Gasteiger partial charge in [0.15, 0.2) is 0 Å². The van der Waals surface area contributed by atoms with E-state index in [9.17, 15) is 9.59 Å². The van der Waals surface area contributed by atoms with Crippen LogP contribution < -0.4 is 5.32 Å². The third kappa shape index (κ3) is 4.58. The fraction of sp³-hybridized carbons (Fsp3) is 0.152. The fourth-order valence-corrected chi connectivity index (χ4v) is 5.14. The lowest BCUT2D eigenvalue weighted by Crippen LogP contribution is -2.51. The van der Waals surface area contributed by atoms with Crippen molar-refractivity contribution in [3.05, 3.63) is 132 Å². The maximum atomic E-state index is 14.1. The van der Waals surface area contributed by atoms with Crippen LogP contribution in [0.2, 0.25) is 0 Å². The Balaban J connectivity index is 1.58. The summed E-state index contributed by atoms with van der Waals surface area (Å²) in [5.41, 5.74) is 1.69. The second kappa shape index (κ2) is 10.3. The van der Waals surface area contributed by atoms with Gasteiger partial charge >= 0.3 is 5.97 Å². The van der Waals surface area contributed by atoms with E-state index in [1.165, 1.54) is 7.11 Å². The molecule has 0 unspecified atom stereocenters. The molecule has 5 aromatic rings. The number of hydrogen-bond donors (Lipinski definition) is 1. The maximum absolute atomic E-state index is 14.1. The number of hydrogen-bond acceptors (Lipinski definition) is 3. The highest BCUT2D eigenvalue weighted by Crippen LogP contribution is 2.33. The number of carbonyl (C=O) groups is 2. The predicted molar refractivity (Wildman–Crippen MR) is 148 cm³/mol. The van der Waals surface area contributed by atoms with Gasteiger partial charge < -0.3 is 10.1 Å². The lowest BCUT2D eigenvalue weighted by atomic mass is 9.75. The topological polar surface area (TPSA) is 55.4 Å². The van der Waals surface area contributed by atoms with Crippen molar-refractivity contribution in [1.82, 2.24) is 5.32 Å². The van der Waals surface area contributed by atoms with E-state index in [0.717, 1.165) is 38.2 Å². The number of ether oxygens (including phenoxy) is 1. The lowest BCUT2D eigenvalue weighted by Gasteiger charge is -2.31. The summed E-state index contributed by atoms with van der Waals surface area (Å²) in [6.45, 7) is 1.90. The van der Waals surface area contributed by atoms with E-state index < -0.39 is 17.4 Å². The van der Waals surface area contributed by atoms with Crippen LogP contribution in [-0.2, 0) is 26.2 Å². The van der Waals surface area contributed by atoms with E-state index >= 15 is 0 Å². The van der Waals surface area contributed by atoms with Crippen LogP contribution in [0.25, 0.3) is 21.5 Å². The molecule has 5 aromatic carbocycles. The molecule has 4 heteroatoms. The Morgan fingerprint density at radius 1 is 0.730 bits per heavy atom. The lowest BCUT2D eigenvalue weighted by molar-refractivity contribution is -0.145. The van der Waals surface area contributed by atoms with E-state index in [1.54, 1.807) is 0 Å². The van der Waals surface area contributed by atoms with Gasteiger partial charge in [0.2, 0.25) is 5.91 Å². The Kier molecular flexibility index (Phi) is 6.74. The van der Waals surface area contributed by atoms with Crippen molar-refractivity contribution in [2.45, 2.75) is 24.8 Å². The van der Waals surface area contributed by atoms with Crippen molar-refractivity contribution in [3.63, 3.8) is 0 Å². The zero-order chi connectivity index (χ0) is 25.8. The number of rotatable bonds is 7. The van der Waals surface area contributed by atoms with Gasteiger partial charge in [0.05, 0.1) is 12.5 Å². The van der Waals surface area contributed by atoms with Gasteiger partial charge in [-0.1, -0.05) is 109 Å². The smallest absolute Gasteiger partial charge is 0.328 e. The number of nitrogens with one attached hydrogen (secondary N) is 1. The molecule has 1 N–H and O–H groups in total. The van der Waals surface area contributed by atoms with Gasteiger partial charge in [-0.05, 0) is 51.2 Å². The molecule has 0 heterocycles. The van der Waals surface area contributed by atoms with Gasteiger partial charge in [-0.2, -0.15) is 0 Å². The SMILES string of the molecule is COC(=O)[C@@H](Cc1c2ccccc2cc2ccccc12)NC(=O)C(C)(c1ccccc1)c1ccccc1. The summed E-state index contributed by atoms with van der Waals surface area (Å²) in [5, 5.41) is 7.35. The monoisotopic (exact) mass is 487 g/mol. The number of carbonyl (C=O) groups excluding carboxylic acids is 2. The second-order valence-corrected chi connectivity index (χ2v) is 9.41. The van der Waals surface area contributed by atoms with Crippen molar-refractivity contribution < 1.29 is 14.3 Å². The number of benzene rings is 5. The van der Waals surface area contributed by atoms with Crippen LogP contribution in [-0.4, -0.2) is 25.0 Å². The van der Waals surface area contributed by atoms with Gasteiger partial charge in [0.25, 0.3) is 0 Å². The van der Waals surface area contributed by atoms with Gasteiger partial charge in [-0.3, -0.25) is 4.79 Å². The minimum Gasteiger partial charge on any atom is -0.467 e. The highest BCUT2D eigenvalue weighted by Gasteiger charge is 2.39. The standard InChI is InChI=1S/C33H29NO3/c1-33(25-15-5-3-6-16-25,26-17-7-4-8-18-26)32(36)34-30(31(35)37-2)22-29-27-19-11-9-13-23(27)21-24-14-10-12-20-28(24)29/h3-21,30H,22H2,1-2H3,(H,34,36)/t30-/m1/s1. The van der Waals surface area contributed by atoms with E-state index in [2.05, 4.69) is 35.6 Å². The van der Waals surface area contributed by atoms with E-state index in [4.69, 9.17) is 4.74 Å². The van der Waals surface area contributed by atoms with Crippen molar-refractivity contribution in [2.24, 2.45) is 0 Å². The third-order valence-electron chi connectivity index (χ3n) is 7.24. The third-order valence-corrected chi connectivity index (χ3v) is 7.24. The Hall–Kier alpha value is -4.44. The average Bonchev–Trinajstić information content (AvgIpc) is 2.96. The summed E-state index contributed by atoms with van der Waals surface area (Å²) >= 11 is 0. The second-order valence-electron chi connectivity index (χ2n) is 9.41. The van der Waals surface area contributed by atoms with Crippen LogP contribution in [0.3, 0.4) is 0 Å². The zero-order valence-corrected chi connectivity index (χ0v) is 21.0. The summed E-state index contributed by atoms with van der Waals surface area (Å²) in [6.07, 6.45) is 0.305. The first-order chi connectivity index (χ1) is 18.0. The molecule has 1 atom stereocenters. The number of fused-ring (bicyclic) bond motifs is 2. The Labute approximate surface area is 216 Å². The molecular weight excluding hydrogens is 458 g/mol. The fourth-order valence-electron chi connectivity index (χ4n) is 5.14. The van der Waals surface area contributed by atoms with Gasteiger partial charge in [-0.15, -0.1) is 0 Å². The van der Waals surface area contributed by atoms with E-state index in [1.807, 2.05) is 91.9 Å². The largest absolute Gasteiger partial charge is 0.467 e. The molecule has 4 nitrogen and oxygen atoms in total. The summed E-state index contributed by atoms with van der Waals surface area (Å²) in [4.78, 5) is 27.2. The molecule has 1 amide bonds. The molecule has 0 bridgehead atoms. The number of methoxy groups -OCH3 is 1. The Morgan fingerprint density at radius 2 is 1.19 bits per heavy atom. The minimum absolute atomic E-state index is 0.259. The van der Waals surface area contributed by atoms with Crippen molar-refractivity contribution in [1.29, 1.82) is 0 Å². The van der Waals surface area contributed by atoms with E-state index in [-0.39, 0.29) is 5.91 Å². The predicted octanol–water partition coefficient (Wildman–Crippen LogP) is 6.20. The zero-order valence-electron chi connectivity index (χ0n) is 21.0. The van der Waals surface area contributed by atoms with Crippen molar-refractivity contribution in [3.8, 4) is 0 Å². The molecule has 0 aliphatic heterocycles. The van der Waals surface area contributed by atoms with Crippen LogP contribution in [0, 0.1) is 0 Å². The highest BCUT2D eigenvalue weighted by atomic mass is 16.5. The van der Waals surface area contributed by atoms with Crippen LogP contribution in [0.5, 0.6) is 0 Å². The van der Waals surface area contributed by atoms with Crippen LogP contribution in [0.1, 0.15) is 23.6 Å². The molecule has 5 rings (SSSR count). The first-order valence-electron chi connectivity index (χ1n) is 12.4. The summed E-state index contributed by atoms with van der Waals surface area (Å²) < 4.78 is 5.18. The first-order valence-corrected chi connectivity index (χ1v) is 12.4. The Bertz CT molecular complexity index is 1470. The number of amides is 1. The molecule has 0 aromatic heterocycles. The van der Waals surface area contributed by atoms with Crippen molar-refractivity contribution in [2.75, 3.05) is 7.11 Å². The van der Waals surface area contributed by atoms with E-state index in [0.29, 0.717) is 6.42 Å². The summed E-state index contributed by atoms with van der Waals surface area (Å²) in [5.74, 6) is -0.737. The molecular formula is C33H29NO3. The van der Waals surface area contributed by atoms with Crippen LogP contribution in [0.15, 0.2) is 115 Å². The Morgan fingerprint density at radius 3 is 1.68 bits per heavy atom. The van der Waals surface area contributed by atoms with Crippen LogP contribution in [0.4, 0.5) is 0 Å². The molecule has 0 aliphatic carbocycles. The number of esters is 1. The van der Waals surface area contributed by atoms with Gasteiger partial charge in [0.1, 0.15) is 6.04 Å². The molecule has 37 heavy (non-hydrogen) atoms. The normalized spacial score (nSPS) is 12.3. The summed E-state index contributed by atoms with van der Waals surface area (Å²) in [7, 11) is 1.36. The molecule has 0 spiro atoms. The maximum Gasteiger partial charge on any atom is 0.328 e. The molecule has 0 radical (unpaired) electrons. The average molecular weight is 488 g/mol. The molecule has 184 valence electrons. The molecule has 0 saturated heterocycles. The first kappa shape index (κ1) is 24.3. The minimum atomic E-state index is -1.00. The van der Waals surface area contributed by atoms with Crippen LogP contribution >= 0.6 is 0 Å². The quantitative estimate of drug-likeness (QED) is 0.220. The van der Waals surface area contributed by atoms with Crippen molar-refractivity contribution >= 4 is 33.4 Å². The molecule has 0 saturated carbocycles. The molecule has 0 fully saturated rings.